The lowest BCUT2D eigenvalue weighted by atomic mass is 9.77. The quantitative estimate of drug-likeness (QED) is 0.642. The van der Waals surface area contributed by atoms with Crippen molar-refractivity contribution in [1.29, 1.82) is 0 Å². The van der Waals surface area contributed by atoms with E-state index in [1.54, 1.807) is 18.2 Å². The zero-order valence-electron chi connectivity index (χ0n) is 16.1. The molecule has 0 bridgehead atoms. The van der Waals surface area contributed by atoms with Gasteiger partial charge < -0.3 is 14.5 Å². The van der Waals surface area contributed by atoms with Crippen molar-refractivity contribution in [3.8, 4) is 5.75 Å². The zero-order valence-corrected chi connectivity index (χ0v) is 16.1. The molecule has 1 atom stereocenters. The van der Waals surface area contributed by atoms with Crippen molar-refractivity contribution < 1.29 is 13.9 Å². The predicted octanol–water partition coefficient (Wildman–Crippen LogP) is 4.75. The van der Waals surface area contributed by atoms with Crippen molar-refractivity contribution in [2.75, 3.05) is 0 Å². The summed E-state index contributed by atoms with van der Waals surface area (Å²) in [7, 11) is 0. The van der Waals surface area contributed by atoms with Gasteiger partial charge in [-0.15, -0.1) is 0 Å². The van der Waals surface area contributed by atoms with Crippen molar-refractivity contribution in [3.05, 3.63) is 76.1 Å². The highest BCUT2D eigenvalue weighted by Crippen LogP contribution is 2.46. The monoisotopic (exact) mass is 389 g/mol. The number of hydrogen-bond acceptors (Lipinski definition) is 4. The average molecular weight is 389 g/mol. The molecular formula is C24H23NO4. The maximum absolute atomic E-state index is 13.0. The molecule has 0 saturated heterocycles. The molecule has 0 radical (unpaired) electrons. The normalized spacial score (nSPS) is 20.1. The van der Waals surface area contributed by atoms with Gasteiger partial charge in [-0.3, -0.25) is 4.79 Å². The second kappa shape index (κ2) is 7.07. The molecule has 1 spiro atoms. The van der Waals surface area contributed by atoms with Crippen LogP contribution in [-0.2, 0) is 0 Å². The number of amides is 1. The van der Waals surface area contributed by atoms with Gasteiger partial charge in [0.05, 0.1) is 6.04 Å². The van der Waals surface area contributed by atoms with Gasteiger partial charge in [-0.1, -0.05) is 42.8 Å². The first kappa shape index (κ1) is 18.0. The lowest BCUT2D eigenvalue weighted by molar-refractivity contribution is -0.00211. The second-order valence-corrected chi connectivity index (χ2v) is 8.10. The molecule has 2 aliphatic rings. The van der Waals surface area contributed by atoms with Gasteiger partial charge in [-0.2, -0.15) is 0 Å². The minimum absolute atomic E-state index is 0.0327. The van der Waals surface area contributed by atoms with Crippen LogP contribution < -0.4 is 15.7 Å². The van der Waals surface area contributed by atoms with E-state index in [-0.39, 0.29) is 17.2 Å². The summed E-state index contributed by atoms with van der Waals surface area (Å²) in [6, 6.07) is 16.5. The maximum Gasteiger partial charge on any atom is 0.349 e. The molecule has 1 N–H and O–H groups in total. The number of benzene rings is 2. The van der Waals surface area contributed by atoms with Crippen LogP contribution in [0.2, 0.25) is 0 Å². The fraction of sp³-hybridized carbons (Fsp3) is 0.333. The van der Waals surface area contributed by atoms with Crippen LogP contribution in [0, 0.1) is 0 Å². The van der Waals surface area contributed by atoms with Crippen LogP contribution in [-0.4, -0.2) is 11.5 Å². The van der Waals surface area contributed by atoms with Gasteiger partial charge in [0.25, 0.3) is 5.91 Å². The van der Waals surface area contributed by atoms with Crippen molar-refractivity contribution in [2.45, 2.75) is 50.2 Å². The minimum atomic E-state index is -0.617. The zero-order chi connectivity index (χ0) is 19.8. The van der Waals surface area contributed by atoms with Gasteiger partial charge in [-0.05, 0) is 43.9 Å². The fourth-order valence-corrected chi connectivity index (χ4v) is 4.71. The van der Waals surface area contributed by atoms with Gasteiger partial charge in [-0.25, -0.2) is 4.79 Å². The van der Waals surface area contributed by atoms with E-state index < -0.39 is 11.5 Å². The second-order valence-electron chi connectivity index (χ2n) is 8.10. The number of carbonyl (C=O) groups excluding carboxylic acids is 1. The van der Waals surface area contributed by atoms with E-state index in [1.807, 2.05) is 36.4 Å². The van der Waals surface area contributed by atoms with E-state index in [1.165, 1.54) is 6.42 Å². The van der Waals surface area contributed by atoms with Crippen LogP contribution in [0.3, 0.4) is 0 Å². The van der Waals surface area contributed by atoms with E-state index in [0.717, 1.165) is 42.4 Å². The smallest absolute Gasteiger partial charge is 0.349 e. The Kier molecular flexibility index (Phi) is 4.38. The van der Waals surface area contributed by atoms with Gasteiger partial charge in [0.1, 0.15) is 22.5 Å². The number of rotatable bonds is 2. The van der Waals surface area contributed by atoms with E-state index >= 15 is 0 Å². The molecule has 1 fully saturated rings. The van der Waals surface area contributed by atoms with E-state index in [9.17, 15) is 9.59 Å². The molecule has 1 aromatic heterocycles. The number of carbonyl (C=O) groups is 1. The standard InChI is InChI=1S/C24H23NO4/c26-22(18-14-16-8-2-4-10-20(16)28-23(18)27)25-19-15-24(12-6-1-7-13-24)29-21-11-5-3-9-17(19)21/h2-5,8-11,14,19H,1,6-7,12-13,15H2,(H,25,26). The fourth-order valence-electron chi connectivity index (χ4n) is 4.71. The molecule has 2 aromatic carbocycles. The predicted molar refractivity (Wildman–Crippen MR) is 110 cm³/mol. The highest BCUT2D eigenvalue weighted by Gasteiger charge is 2.42. The number of hydrogen-bond donors (Lipinski definition) is 1. The summed E-state index contributed by atoms with van der Waals surface area (Å²) in [6.07, 6.45) is 6.20. The molecule has 3 aromatic rings. The lowest BCUT2D eigenvalue weighted by Gasteiger charge is -2.44. The van der Waals surface area contributed by atoms with Crippen LogP contribution in [0.25, 0.3) is 11.0 Å². The van der Waals surface area contributed by atoms with E-state index in [2.05, 4.69) is 5.32 Å². The summed E-state index contributed by atoms with van der Waals surface area (Å²) in [4.78, 5) is 25.5. The average Bonchev–Trinajstić information content (AvgIpc) is 2.73. The lowest BCUT2D eigenvalue weighted by Crippen LogP contribution is -2.46. The van der Waals surface area contributed by atoms with Crippen LogP contribution in [0.15, 0.2) is 63.8 Å². The molecule has 2 heterocycles. The van der Waals surface area contributed by atoms with Crippen LogP contribution >= 0.6 is 0 Å². The van der Waals surface area contributed by atoms with Crippen molar-refractivity contribution >= 4 is 16.9 Å². The van der Waals surface area contributed by atoms with Gasteiger partial charge in [0, 0.05) is 17.4 Å². The molecular weight excluding hydrogens is 366 g/mol. The third-order valence-corrected chi connectivity index (χ3v) is 6.15. The van der Waals surface area contributed by atoms with Gasteiger partial charge >= 0.3 is 5.63 Å². The van der Waals surface area contributed by atoms with Gasteiger partial charge in [0.2, 0.25) is 0 Å². The Morgan fingerprint density at radius 2 is 1.76 bits per heavy atom. The maximum atomic E-state index is 13.0. The summed E-state index contributed by atoms with van der Waals surface area (Å²) in [5.74, 6) is 0.425. The minimum Gasteiger partial charge on any atom is -0.487 e. The Morgan fingerprint density at radius 1 is 1.00 bits per heavy atom. The highest BCUT2D eigenvalue weighted by molar-refractivity contribution is 5.96. The largest absolute Gasteiger partial charge is 0.487 e. The first-order chi connectivity index (χ1) is 14.1. The summed E-state index contributed by atoms with van der Waals surface area (Å²) < 4.78 is 11.8. The summed E-state index contributed by atoms with van der Waals surface area (Å²) in [5, 5.41) is 3.82. The molecule has 1 aliphatic carbocycles. The van der Waals surface area contributed by atoms with Gasteiger partial charge in [0.15, 0.2) is 0 Å². The number of fused-ring (bicyclic) bond motifs is 2. The topological polar surface area (TPSA) is 68.5 Å². The molecule has 29 heavy (non-hydrogen) atoms. The molecule has 148 valence electrons. The van der Waals surface area contributed by atoms with Crippen molar-refractivity contribution in [2.24, 2.45) is 0 Å². The Morgan fingerprint density at radius 3 is 2.62 bits per heavy atom. The van der Waals surface area contributed by atoms with Crippen LogP contribution in [0.5, 0.6) is 5.75 Å². The Hall–Kier alpha value is -3.08. The molecule has 1 aliphatic heterocycles. The SMILES string of the molecule is O=C(NC1CC2(CCCCC2)Oc2ccccc21)c1cc2ccccc2oc1=O. The number of para-hydroxylation sites is 2. The first-order valence-electron chi connectivity index (χ1n) is 10.3. The molecule has 5 nitrogen and oxygen atoms in total. The molecule has 1 unspecified atom stereocenters. The third-order valence-electron chi connectivity index (χ3n) is 6.15. The van der Waals surface area contributed by atoms with Crippen molar-refractivity contribution in [1.82, 2.24) is 5.32 Å². The molecule has 1 saturated carbocycles. The summed E-state index contributed by atoms with van der Waals surface area (Å²) >= 11 is 0. The molecule has 1 amide bonds. The number of nitrogens with one attached hydrogen (secondary N) is 1. The van der Waals surface area contributed by atoms with E-state index in [0.29, 0.717) is 12.0 Å². The number of ether oxygens (including phenoxy) is 1. The Labute approximate surface area is 168 Å². The summed E-state index contributed by atoms with van der Waals surface area (Å²) in [5.41, 5.74) is 0.617. The molecule has 5 heteroatoms. The first-order valence-corrected chi connectivity index (χ1v) is 10.3. The molecule has 5 rings (SSSR count). The Bertz CT molecular complexity index is 1130. The van der Waals surface area contributed by atoms with Crippen LogP contribution in [0.4, 0.5) is 0 Å². The Balaban J connectivity index is 1.48. The third kappa shape index (κ3) is 3.31. The summed E-state index contributed by atoms with van der Waals surface area (Å²) in [6.45, 7) is 0. The van der Waals surface area contributed by atoms with Crippen molar-refractivity contribution in [3.63, 3.8) is 0 Å². The van der Waals surface area contributed by atoms with E-state index in [4.69, 9.17) is 9.15 Å². The highest BCUT2D eigenvalue weighted by atomic mass is 16.5. The van der Waals surface area contributed by atoms with Crippen LogP contribution in [0.1, 0.15) is 60.5 Å².